The van der Waals surface area contributed by atoms with Crippen molar-refractivity contribution in [2.24, 2.45) is 0 Å². The first-order valence-electron chi connectivity index (χ1n) is 1.74. The van der Waals surface area contributed by atoms with Crippen LogP contribution in [0.1, 0.15) is 0 Å². The Kier molecular flexibility index (Phi) is 2.71. The summed E-state index contributed by atoms with van der Waals surface area (Å²) in [6.45, 7) is 7.36. The van der Waals surface area contributed by atoms with Gasteiger partial charge in [0.05, 0.1) is 0 Å². The van der Waals surface area contributed by atoms with E-state index in [2.05, 4.69) is 13.2 Å². The SMILES string of the molecule is C=C.[O-][O+]1CC1. The van der Waals surface area contributed by atoms with Gasteiger partial charge in [-0.05, 0) is 0 Å². The Morgan fingerprint density at radius 2 is 1.50 bits per heavy atom. The van der Waals surface area contributed by atoms with E-state index in [1.165, 1.54) is 0 Å². The van der Waals surface area contributed by atoms with E-state index in [1.54, 1.807) is 4.52 Å². The molecular formula is C4H8O2. The Labute approximate surface area is 37.3 Å². The van der Waals surface area contributed by atoms with Gasteiger partial charge in [0.15, 0.2) is 0 Å². The van der Waals surface area contributed by atoms with Gasteiger partial charge in [-0.3, -0.25) is 0 Å². The van der Waals surface area contributed by atoms with Gasteiger partial charge >= 0.3 is 0 Å². The van der Waals surface area contributed by atoms with E-state index < -0.39 is 0 Å². The summed E-state index contributed by atoms with van der Waals surface area (Å²) < 4.78 is 1.58. The molecule has 1 aliphatic heterocycles. The summed E-state index contributed by atoms with van der Waals surface area (Å²) >= 11 is 0. The van der Waals surface area contributed by atoms with Gasteiger partial charge in [0.25, 0.3) is 0 Å². The summed E-state index contributed by atoms with van der Waals surface area (Å²) in [5.41, 5.74) is 0. The molecule has 0 aliphatic carbocycles. The van der Waals surface area contributed by atoms with Crippen LogP contribution >= 0.6 is 0 Å². The maximum absolute atomic E-state index is 9.39. The van der Waals surface area contributed by atoms with Gasteiger partial charge in [0, 0.05) is 0 Å². The second kappa shape index (κ2) is 2.87. The third-order valence-electron chi connectivity index (χ3n) is 0.371. The predicted molar refractivity (Wildman–Crippen MR) is 22.1 cm³/mol. The quantitative estimate of drug-likeness (QED) is 0.172. The molecule has 0 saturated carbocycles. The van der Waals surface area contributed by atoms with Gasteiger partial charge in [-0.25, -0.2) is 0 Å². The van der Waals surface area contributed by atoms with Gasteiger partial charge in [0.1, 0.15) is 0 Å². The smallest absolute Gasteiger partial charge is 0.222 e. The lowest BCUT2D eigenvalue weighted by molar-refractivity contribution is -0.730. The second-order valence-corrected chi connectivity index (χ2v) is 0.848. The number of epoxide rings is 1. The first-order valence-corrected chi connectivity index (χ1v) is 1.74. The Morgan fingerprint density at radius 3 is 1.50 bits per heavy atom. The van der Waals surface area contributed by atoms with Crippen molar-refractivity contribution >= 4 is 0 Å². The molecule has 0 atom stereocenters. The maximum atomic E-state index is 9.39. The van der Waals surface area contributed by atoms with E-state index in [1.807, 2.05) is 0 Å². The molecule has 0 unspecified atom stereocenters. The molecule has 0 radical (unpaired) electrons. The zero-order valence-electron chi connectivity index (χ0n) is 3.64. The molecule has 2 nitrogen and oxygen atoms in total. The summed E-state index contributed by atoms with van der Waals surface area (Å²) in [7, 11) is 0. The molecule has 1 aliphatic rings. The topological polar surface area (TPSA) is 25.8 Å². The minimum atomic E-state index is 0.681. The van der Waals surface area contributed by atoms with Crippen LogP contribution in [-0.2, 0) is 4.52 Å². The van der Waals surface area contributed by atoms with Crippen LogP contribution in [0.5, 0.6) is 0 Å². The van der Waals surface area contributed by atoms with Crippen molar-refractivity contribution in [2.75, 3.05) is 13.2 Å². The molecule has 6 heavy (non-hydrogen) atoms. The molecule has 1 saturated heterocycles. The summed E-state index contributed by atoms with van der Waals surface area (Å²) in [5, 5.41) is 9.39. The van der Waals surface area contributed by atoms with Gasteiger partial charge in [-0.15, -0.1) is 13.2 Å². The van der Waals surface area contributed by atoms with Crippen molar-refractivity contribution in [2.45, 2.75) is 0 Å². The molecule has 0 amide bonds. The zero-order valence-corrected chi connectivity index (χ0v) is 3.64. The van der Waals surface area contributed by atoms with Crippen LogP contribution in [0.25, 0.3) is 0 Å². The van der Waals surface area contributed by atoms with Crippen LogP contribution in [-0.4, -0.2) is 13.2 Å². The number of hydrogen-bond donors (Lipinski definition) is 0. The maximum Gasteiger partial charge on any atom is 0.222 e. The summed E-state index contributed by atoms with van der Waals surface area (Å²) in [6, 6.07) is 0. The van der Waals surface area contributed by atoms with E-state index in [9.17, 15) is 5.26 Å². The molecule has 0 N–H and O–H groups in total. The van der Waals surface area contributed by atoms with Crippen molar-refractivity contribution in [1.29, 1.82) is 0 Å². The van der Waals surface area contributed by atoms with E-state index >= 15 is 0 Å². The highest BCUT2D eigenvalue weighted by molar-refractivity contribution is 4.40. The summed E-state index contributed by atoms with van der Waals surface area (Å²) in [4.78, 5) is 0. The Morgan fingerprint density at radius 1 is 1.33 bits per heavy atom. The Balaban J connectivity index is 0.000000112. The predicted octanol–water partition coefficient (Wildman–Crippen LogP) is -0.370. The lowest BCUT2D eigenvalue weighted by Crippen LogP contribution is -2.01. The molecule has 0 aromatic carbocycles. The summed E-state index contributed by atoms with van der Waals surface area (Å²) in [5.74, 6) is 0. The first-order chi connectivity index (χ1) is 2.89. The van der Waals surface area contributed by atoms with Crippen molar-refractivity contribution in [3.63, 3.8) is 0 Å². The van der Waals surface area contributed by atoms with Crippen LogP contribution < -0.4 is 5.26 Å². The van der Waals surface area contributed by atoms with Crippen molar-refractivity contribution in [3.8, 4) is 0 Å². The monoisotopic (exact) mass is 88.1 g/mol. The average molecular weight is 88.1 g/mol. The zero-order chi connectivity index (χ0) is 4.99. The average Bonchev–Trinajstić information content (AvgIpc) is 2.30. The Hall–Kier alpha value is -0.340. The molecule has 1 rings (SSSR count). The highest BCUT2D eigenvalue weighted by Gasteiger charge is 2.14. The molecule has 0 aromatic rings. The minimum Gasteiger partial charge on any atom is -0.534 e. The van der Waals surface area contributed by atoms with Crippen LogP contribution in [0.2, 0.25) is 0 Å². The Bertz CT molecular complexity index is 32.5. The summed E-state index contributed by atoms with van der Waals surface area (Å²) in [6.07, 6.45) is 0. The highest BCUT2D eigenvalue weighted by atomic mass is 17.3. The third kappa shape index (κ3) is 3.66. The van der Waals surface area contributed by atoms with Gasteiger partial charge in [-0.2, -0.15) is 0 Å². The molecule has 0 aromatic heterocycles. The number of hydrogen-bond acceptors (Lipinski definition) is 1. The van der Waals surface area contributed by atoms with E-state index in [-0.39, 0.29) is 0 Å². The van der Waals surface area contributed by atoms with Gasteiger partial charge in [0.2, 0.25) is 13.2 Å². The van der Waals surface area contributed by atoms with Crippen molar-refractivity contribution < 1.29 is 9.78 Å². The second-order valence-electron chi connectivity index (χ2n) is 0.848. The fourth-order valence-corrected chi connectivity index (χ4v) is 0.0340. The van der Waals surface area contributed by atoms with Crippen molar-refractivity contribution in [1.82, 2.24) is 0 Å². The molecule has 1 heterocycles. The normalized spacial score (nSPS) is 18.2. The molecule has 36 valence electrons. The van der Waals surface area contributed by atoms with E-state index in [4.69, 9.17) is 0 Å². The van der Waals surface area contributed by atoms with Crippen LogP contribution in [0.4, 0.5) is 0 Å². The molecule has 1 fully saturated rings. The molecule has 0 bridgehead atoms. The van der Waals surface area contributed by atoms with E-state index in [0.29, 0.717) is 13.2 Å². The fraction of sp³-hybridized carbons (Fsp3) is 0.500. The lowest BCUT2D eigenvalue weighted by Gasteiger charge is -1.84. The fourth-order valence-electron chi connectivity index (χ4n) is 0.0340. The standard InChI is InChI=1S/C2H4O2.C2H4/c3-4-1-2-4;1-2/h1-2H2;1-2H2. The minimum absolute atomic E-state index is 0.681. The third-order valence-corrected chi connectivity index (χ3v) is 0.371. The van der Waals surface area contributed by atoms with Gasteiger partial charge < -0.3 is 9.78 Å². The highest BCUT2D eigenvalue weighted by Crippen LogP contribution is 1.96. The lowest BCUT2D eigenvalue weighted by atomic mass is 11.0. The van der Waals surface area contributed by atoms with Crippen LogP contribution in [0, 0.1) is 0 Å². The molecule has 0 spiro atoms. The molecular weight excluding hydrogens is 80.0 g/mol. The van der Waals surface area contributed by atoms with E-state index in [0.717, 1.165) is 0 Å². The number of rotatable bonds is 0. The largest absolute Gasteiger partial charge is 0.534 e. The molecule has 2 heteroatoms. The first kappa shape index (κ1) is 5.66. The van der Waals surface area contributed by atoms with Gasteiger partial charge in [-0.1, -0.05) is 0 Å². The van der Waals surface area contributed by atoms with Crippen LogP contribution in [0.15, 0.2) is 13.2 Å². The van der Waals surface area contributed by atoms with Crippen LogP contribution in [0.3, 0.4) is 0 Å². The van der Waals surface area contributed by atoms with Crippen molar-refractivity contribution in [3.05, 3.63) is 13.2 Å².